The van der Waals surface area contributed by atoms with E-state index in [1.54, 1.807) is 0 Å². The highest BCUT2D eigenvalue weighted by molar-refractivity contribution is 5.96. The Labute approximate surface area is 149 Å². The van der Waals surface area contributed by atoms with Crippen LogP contribution in [0.15, 0.2) is 0 Å². The monoisotopic (exact) mass is 344 g/mol. The smallest absolute Gasteiger partial charge is 0.270 e. The van der Waals surface area contributed by atoms with Gasteiger partial charge in [-0.25, -0.2) is 9.97 Å². The van der Waals surface area contributed by atoms with Crippen molar-refractivity contribution in [3.8, 4) is 0 Å². The molecule has 6 nitrogen and oxygen atoms in total. The third kappa shape index (κ3) is 3.01. The van der Waals surface area contributed by atoms with Crippen molar-refractivity contribution >= 4 is 11.7 Å². The predicted molar refractivity (Wildman–Crippen MR) is 95.7 cm³/mol. The van der Waals surface area contributed by atoms with Crippen LogP contribution in [0.2, 0.25) is 0 Å². The van der Waals surface area contributed by atoms with E-state index in [-0.39, 0.29) is 12.5 Å². The van der Waals surface area contributed by atoms with Crippen molar-refractivity contribution in [3.05, 3.63) is 17.1 Å². The van der Waals surface area contributed by atoms with E-state index >= 15 is 0 Å². The summed E-state index contributed by atoms with van der Waals surface area (Å²) >= 11 is 0. The van der Waals surface area contributed by atoms with Gasteiger partial charge in [0.05, 0.1) is 0 Å². The Kier molecular flexibility index (Phi) is 4.40. The summed E-state index contributed by atoms with van der Waals surface area (Å²) in [7, 11) is 0. The van der Waals surface area contributed by atoms with Gasteiger partial charge in [0.25, 0.3) is 5.91 Å². The lowest BCUT2D eigenvalue weighted by Gasteiger charge is -2.40. The number of carbonyl (C=O) groups is 1. The minimum atomic E-state index is -0.0625. The third-order valence-electron chi connectivity index (χ3n) is 5.83. The van der Waals surface area contributed by atoms with Gasteiger partial charge in [-0.1, -0.05) is 13.8 Å². The predicted octanol–water partition coefficient (Wildman–Crippen LogP) is 1.70. The number of piperidine rings is 1. The summed E-state index contributed by atoms with van der Waals surface area (Å²) in [5.41, 5.74) is 1.60. The molecule has 2 N–H and O–H groups in total. The number of amides is 1. The first-order chi connectivity index (χ1) is 12.1. The molecule has 0 radical (unpaired) electrons. The largest absolute Gasteiger partial charge is 0.396 e. The van der Waals surface area contributed by atoms with E-state index in [9.17, 15) is 9.90 Å². The highest BCUT2D eigenvalue weighted by Crippen LogP contribution is 2.42. The summed E-state index contributed by atoms with van der Waals surface area (Å²) in [6.07, 6.45) is 5.96. The first kappa shape index (κ1) is 16.8. The van der Waals surface area contributed by atoms with Crippen LogP contribution in [0, 0.1) is 11.8 Å². The van der Waals surface area contributed by atoms with Crippen molar-refractivity contribution in [2.75, 3.05) is 18.1 Å². The van der Waals surface area contributed by atoms with E-state index in [1.807, 2.05) is 0 Å². The number of nitrogens with zero attached hydrogens (tertiary/aromatic N) is 3. The van der Waals surface area contributed by atoms with Gasteiger partial charge in [0.2, 0.25) is 0 Å². The van der Waals surface area contributed by atoms with Crippen molar-refractivity contribution in [1.29, 1.82) is 0 Å². The molecule has 0 saturated carbocycles. The topological polar surface area (TPSA) is 78.3 Å². The Bertz CT molecular complexity index is 662. The van der Waals surface area contributed by atoms with Crippen molar-refractivity contribution < 1.29 is 9.90 Å². The molecule has 136 valence electrons. The molecular formula is C19H28N4O2. The SMILES string of the molecule is CC(C)Cc1nc2c(c(N3[C@@H]4CC[C@H]3CC(CO)C4)n1)CCNC2=O. The second-order valence-corrected chi connectivity index (χ2v) is 8.21. The zero-order valence-corrected chi connectivity index (χ0v) is 15.2. The van der Waals surface area contributed by atoms with Crippen molar-refractivity contribution in [2.24, 2.45) is 11.8 Å². The standard InChI is InChI=1S/C19H28N4O2/c1-11(2)7-16-21-17-15(5-6-20-19(17)25)18(22-16)23-13-3-4-14(23)9-12(8-13)10-24/h11-14,24H,3-10H2,1-2H3,(H,20,25)/t12?,13-,14+. The van der Waals surface area contributed by atoms with E-state index in [0.29, 0.717) is 36.2 Å². The number of fused-ring (bicyclic) bond motifs is 3. The van der Waals surface area contributed by atoms with Gasteiger partial charge >= 0.3 is 0 Å². The van der Waals surface area contributed by atoms with Crippen LogP contribution in [-0.4, -0.2) is 46.2 Å². The molecule has 3 aliphatic heterocycles. The van der Waals surface area contributed by atoms with E-state index in [0.717, 1.165) is 55.7 Å². The van der Waals surface area contributed by atoms with Crippen LogP contribution in [0.4, 0.5) is 5.82 Å². The Morgan fingerprint density at radius 1 is 1.24 bits per heavy atom. The summed E-state index contributed by atoms with van der Waals surface area (Å²) in [6.45, 7) is 5.25. The van der Waals surface area contributed by atoms with Gasteiger partial charge in [0.1, 0.15) is 17.3 Å². The molecule has 1 amide bonds. The molecule has 1 aromatic heterocycles. The molecule has 1 unspecified atom stereocenters. The summed E-state index contributed by atoms with van der Waals surface area (Å²) in [6, 6.07) is 0.874. The first-order valence-corrected chi connectivity index (χ1v) is 9.64. The normalized spacial score (nSPS) is 28.2. The highest BCUT2D eigenvalue weighted by Gasteiger charge is 2.43. The molecule has 0 aliphatic carbocycles. The zero-order chi connectivity index (χ0) is 17.6. The summed E-state index contributed by atoms with van der Waals surface area (Å²) in [5, 5.41) is 12.5. The third-order valence-corrected chi connectivity index (χ3v) is 5.83. The first-order valence-electron chi connectivity index (χ1n) is 9.64. The Morgan fingerprint density at radius 2 is 1.96 bits per heavy atom. The number of anilines is 1. The number of aliphatic hydroxyl groups is 1. The summed E-state index contributed by atoms with van der Waals surface area (Å²) in [4.78, 5) is 24.4. The van der Waals surface area contributed by atoms with E-state index in [1.165, 1.54) is 0 Å². The number of aromatic nitrogens is 2. The minimum Gasteiger partial charge on any atom is -0.396 e. The molecule has 2 bridgehead atoms. The molecule has 0 aromatic carbocycles. The van der Waals surface area contributed by atoms with Gasteiger partial charge < -0.3 is 15.3 Å². The fourth-order valence-corrected chi connectivity index (χ4v) is 4.77. The summed E-state index contributed by atoms with van der Waals surface area (Å²) < 4.78 is 0. The lowest BCUT2D eigenvalue weighted by atomic mass is 9.90. The maximum absolute atomic E-state index is 12.4. The molecule has 6 heteroatoms. The molecule has 4 heterocycles. The second-order valence-electron chi connectivity index (χ2n) is 8.21. The van der Waals surface area contributed by atoms with E-state index in [4.69, 9.17) is 4.98 Å². The van der Waals surface area contributed by atoms with Crippen LogP contribution < -0.4 is 10.2 Å². The summed E-state index contributed by atoms with van der Waals surface area (Å²) in [5.74, 6) is 2.58. The van der Waals surface area contributed by atoms with Crippen molar-refractivity contribution in [1.82, 2.24) is 15.3 Å². The van der Waals surface area contributed by atoms with Gasteiger partial charge in [-0.3, -0.25) is 4.79 Å². The van der Waals surface area contributed by atoms with Gasteiger partial charge in [0.15, 0.2) is 0 Å². The Hall–Kier alpha value is -1.69. The molecule has 4 rings (SSSR count). The minimum absolute atomic E-state index is 0.0625. The molecule has 0 spiro atoms. The van der Waals surface area contributed by atoms with Crippen molar-refractivity contribution in [3.63, 3.8) is 0 Å². The van der Waals surface area contributed by atoms with Crippen LogP contribution in [-0.2, 0) is 12.8 Å². The molecular weight excluding hydrogens is 316 g/mol. The molecule has 25 heavy (non-hydrogen) atoms. The second kappa shape index (κ2) is 6.56. The number of carbonyl (C=O) groups excluding carboxylic acids is 1. The van der Waals surface area contributed by atoms with Gasteiger partial charge in [0, 0.05) is 37.2 Å². The quantitative estimate of drug-likeness (QED) is 0.869. The average molecular weight is 344 g/mol. The van der Waals surface area contributed by atoms with Crippen molar-refractivity contribution in [2.45, 2.75) is 64.5 Å². The fraction of sp³-hybridized carbons (Fsp3) is 0.737. The Morgan fingerprint density at radius 3 is 2.60 bits per heavy atom. The van der Waals surface area contributed by atoms with Gasteiger partial charge in [-0.2, -0.15) is 0 Å². The number of nitrogens with one attached hydrogen (secondary N) is 1. The van der Waals surface area contributed by atoms with Crippen LogP contribution >= 0.6 is 0 Å². The molecule has 3 atom stereocenters. The molecule has 1 aromatic rings. The highest BCUT2D eigenvalue weighted by atomic mass is 16.3. The van der Waals surface area contributed by atoms with Crippen LogP contribution in [0.5, 0.6) is 0 Å². The average Bonchev–Trinajstić information content (AvgIpc) is 2.84. The number of hydrogen-bond acceptors (Lipinski definition) is 5. The van der Waals surface area contributed by atoms with E-state index in [2.05, 4.69) is 29.0 Å². The van der Waals surface area contributed by atoms with Gasteiger partial charge in [-0.05, 0) is 43.9 Å². The van der Waals surface area contributed by atoms with Crippen LogP contribution in [0.3, 0.4) is 0 Å². The fourth-order valence-electron chi connectivity index (χ4n) is 4.77. The van der Waals surface area contributed by atoms with Crippen LogP contribution in [0.25, 0.3) is 0 Å². The maximum atomic E-state index is 12.4. The number of rotatable bonds is 4. The molecule has 3 aliphatic rings. The number of aliphatic hydroxyl groups excluding tert-OH is 1. The lowest BCUT2D eigenvalue weighted by molar-refractivity contribution is 0.0939. The molecule has 2 fully saturated rings. The maximum Gasteiger partial charge on any atom is 0.270 e. The number of hydrogen-bond donors (Lipinski definition) is 2. The Balaban J connectivity index is 1.76. The van der Waals surface area contributed by atoms with E-state index < -0.39 is 0 Å². The van der Waals surface area contributed by atoms with Gasteiger partial charge in [-0.15, -0.1) is 0 Å². The lowest BCUT2D eigenvalue weighted by Crippen LogP contribution is -2.46. The zero-order valence-electron chi connectivity index (χ0n) is 15.2. The van der Waals surface area contributed by atoms with Crippen LogP contribution in [0.1, 0.15) is 61.4 Å². The molecule has 2 saturated heterocycles.